The molecule has 0 aromatic carbocycles. The molecule has 0 bridgehead atoms. The first-order valence-corrected chi connectivity index (χ1v) is 4.29. The minimum Gasteiger partial charge on any atom is -0.491 e. The van der Waals surface area contributed by atoms with Gasteiger partial charge < -0.3 is 10.1 Å². The molecule has 1 amide bonds. The Morgan fingerprint density at radius 3 is 2.85 bits per heavy atom. The van der Waals surface area contributed by atoms with Crippen LogP contribution in [-0.2, 0) is 14.3 Å². The number of carbonyl (C=O) groups is 2. The molecule has 0 unspecified atom stereocenters. The maximum atomic E-state index is 11.4. The van der Waals surface area contributed by atoms with Crippen molar-refractivity contribution in [1.82, 2.24) is 5.32 Å². The molecule has 0 saturated heterocycles. The molecular weight excluding hydrogens is 170 g/mol. The first-order valence-electron chi connectivity index (χ1n) is 4.29. The van der Waals surface area contributed by atoms with Crippen molar-refractivity contribution in [3.63, 3.8) is 0 Å². The second kappa shape index (κ2) is 4.07. The normalized spacial score (nSPS) is 16.9. The summed E-state index contributed by atoms with van der Waals surface area (Å²) < 4.78 is 4.89. The van der Waals surface area contributed by atoms with Crippen LogP contribution in [0.5, 0.6) is 0 Å². The lowest BCUT2D eigenvalue weighted by atomic mass is 10.0. The average Bonchev–Trinajstić information content (AvgIpc) is 2.16. The van der Waals surface area contributed by atoms with E-state index in [4.69, 9.17) is 4.74 Å². The fourth-order valence-electron chi connectivity index (χ4n) is 1.33. The molecule has 0 aliphatic carbocycles. The van der Waals surface area contributed by atoms with Gasteiger partial charge in [-0.05, 0) is 6.42 Å². The van der Waals surface area contributed by atoms with Crippen molar-refractivity contribution in [2.24, 2.45) is 0 Å². The number of amides is 1. The van der Waals surface area contributed by atoms with Crippen LogP contribution >= 0.6 is 0 Å². The third kappa shape index (κ3) is 1.88. The van der Waals surface area contributed by atoms with E-state index in [0.717, 1.165) is 0 Å². The number of hydrogen-bond donors (Lipinski definition) is 1. The van der Waals surface area contributed by atoms with Crippen molar-refractivity contribution in [2.75, 3.05) is 13.7 Å². The Bertz CT molecular complexity index is 268. The van der Waals surface area contributed by atoms with Crippen LogP contribution < -0.4 is 5.32 Å². The highest BCUT2D eigenvalue weighted by Crippen LogP contribution is 2.16. The lowest BCUT2D eigenvalue weighted by Crippen LogP contribution is -2.34. The second-order valence-electron chi connectivity index (χ2n) is 2.79. The van der Waals surface area contributed by atoms with E-state index in [1.54, 1.807) is 6.92 Å². The topological polar surface area (TPSA) is 55.4 Å². The number of rotatable bonds is 3. The van der Waals surface area contributed by atoms with Gasteiger partial charge in [0.1, 0.15) is 0 Å². The van der Waals surface area contributed by atoms with Crippen molar-refractivity contribution in [1.29, 1.82) is 0 Å². The quantitative estimate of drug-likeness (QED) is 0.688. The summed E-state index contributed by atoms with van der Waals surface area (Å²) in [6.07, 6.45) is 0.983. The summed E-state index contributed by atoms with van der Waals surface area (Å²) in [6, 6.07) is 0. The minimum absolute atomic E-state index is 0.00769. The predicted octanol–water partition coefficient (Wildman–Crippen LogP) is 0.386. The largest absolute Gasteiger partial charge is 0.491 e. The molecule has 4 nitrogen and oxygen atoms in total. The summed E-state index contributed by atoms with van der Waals surface area (Å²) in [5.74, 6) is -0.115. The van der Waals surface area contributed by atoms with E-state index in [0.29, 0.717) is 25.0 Å². The molecule has 72 valence electrons. The summed E-state index contributed by atoms with van der Waals surface area (Å²) in [6.45, 7) is 2.29. The molecule has 1 aliphatic rings. The summed E-state index contributed by atoms with van der Waals surface area (Å²) in [5, 5.41) is 2.62. The van der Waals surface area contributed by atoms with Gasteiger partial charge in [-0.15, -0.1) is 0 Å². The average molecular weight is 183 g/mol. The van der Waals surface area contributed by atoms with E-state index in [9.17, 15) is 9.59 Å². The monoisotopic (exact) mass is 183 g/mol. The first-order chi connectivity index (χ1) is 6.20. The van der Waals surface area contributed by atoms with E-state index in [2.05, 4.69) is 5.32 Å². The SMILES string of the molecule is CCC(=O)C1=C(OC)C(=O)NCC1. The zero-order valence-corrected chi connectivity index (χ0v) is 7.85. The van der Waals surface area contributed by atoms with E-state index >= 15 is 0 Å². The molecule has 0 aromatic rings. The van der Waals surface area contributed by atoms with Crippen LogP contribution in [0.15, 0.2) is 11.3 Å². The molecule has 1 rings (SSSR count). The molecule has 1 N–H and O–H groups in total. The standard InChI is InChI=1S/C9H13NO3/c1-3-7(11)6-4-5-10-9(12)8(6)13-2/h3-5H2,1-2H3,(H,10,12). The van der Waals surface area contributed by atoms with Gasteiger partial charge >= 0.3 is 0 Å². The molecule has 4 heteroatoms. The van der Waals surface area contributed by atoms with Gasteiger partial charge in [-0.2, -0.15) is 0 Å². The van der Waals surface area contributed by atoms with Crippen molar-refractivity contribution < 1.29 is 14.3 Å². The molecule has 0 radical (unpaired) electrons. The van der Waals surface area contributed by atoms with E-state index in [-0.39, 0.29) is 17.4 Å². The number of Topliss-reactive ketones (excluding diaryl/α,β-unsaturated/α-hetero) is 1. The Morgan fingerprint density at radius 1 is 1.62 bits per heavy atom. The molecule has 0 spiro atoms. The van der Waals surface area contributed by atoms with Crippen LogP contribution in [-0.4, -0.2) is 25.3 Å². The van der Waals surface area contributed by atoms with Crippen LogP contribution in [0.25, 0.3) is 0 Å². The summed E-state index contributed by atoms with van der Waals surface area (Å²) in [7, 11) is 1.41. The number of ketones is 1. The van der Waals surface area contributed by atoms with Crippen molar-refractivity contribution in [2.45, 2.75) is 19.8 Å². The number of methoxy groups -OCH3 is 1. The third-order valence-electron chi connectivity index (χ3n) is 2.00. The third-order valence-corrected chi connectivity index (χ3v) is 2.00. The van der Waals surface area contributed by atoms with Crippen LogP contribution in [0.3, 0.4) is 0 Å². The van der Waals surface area contributed by atoms with E-state index in [1.165, 1.54) is 7.11 Å². The molecule has 13 heavy (non-hydrogen) atoms. The second-order valence-corrected chi connectivity index (χ2v) is 2.79. The molecule has 0 atom stereocenters. The molecule has 1 aliphatic heterocycles. The van der Waals surface area contributed by atoms with Crippen LogP contribution in [0, 0.1) is 0 Å². The Balaban J connectivity index is 2.99. The van der Waals surface area contributed by atoms with Crippen molar-refractivity contribution >= 4 is 11.7 Å². The predicted molar refractivity (Wildman–Crippen MR) is 47.0 cm³/mol. The zero-order valence-electron chi connectivity index (χ0n) is 7.85. The van der Waals surface area contributed by atoms with Crippen LogP contribution in [0.2, 0.25) is 0 Å². The highest BCUT2D eigenvalue weighted by molar-refractivity contribution is 6.05. The van der Waals surface area contributed by atoms with Gasteiger partial charge in [0, 0.05) is 18.5 Å². The molecule has 0 saturated carbocycles. The van der Waals surface area contributed by atoms with Gasteiger partial charge in [0.05, 0.1) is 7.11 Å². The van der Waals surface area contributed by atoms with Gasteiger partial charge in [-0.1, -0.05) is 6.92 Å². The molecule has 0 fully saturated rings. The maximum absolute atomic E-state index is 11.4. The summed E-state index contributed by atoms with van der Waals surface area (Å²) >= 11 is 0. The fraction of sp³-hybridized carbons (Fsp3) is 0.556. The van der Waals surface area contributed by atoms with Gasteiger partial charge in [0.2, 0.25) is 0 Å². The highest BCUT2D eigenvalue weighted by Gasteiger charge is 2.24. The van der Waals surface area contributed by atoms with Gasteiger partial charge in [0.15, 0.2) is 11.5 Å². The minimum atomic E-state index is -0.287. The number of hydrogen-bond acceptors (Lipinski definition) is 3. The van der Waals surface area contributed by atoms with Gasteiger partial charge in [0.25, 0.3) is 5.91 Å². The Hall–Kier alpha value is -1.32. The van der Waals surface area contributed by atoms with Crippen LogP contribution in [0.4, 0.5) is 0 Å². The Kier molecular flexibility index (Phi) is 3.06. The highest BCUT2D eigenvalue weighted by atomic mass is 16.5. The summed E-state index contributed by atoms with van der Waals surface area (Å²) in [5.41, 5.74) is 0.522. The fourth-order valence-corrected chi connectivity index (χ4v) is 1.33. The molecule has 1 heterocycles. The lowest BCUT2D eigenvalue weighted by molar-refractivity contribution is -0.123. The van der Waals surface area contributed by atoms with Gasteiger partial charge in [-0.25, -0.2) is 0 Å². The van der Waals surface area contributed by atoms with E-state index in [1.807, 2.05) is 0 Å². The zero-order chi connectivity index (χ0) is 9.84. The summed E-state index contributed by atoms with van der Waals surface area (Å²) in [4.78, 5) is 22.6. The number of nitrogens with one attached hydrogen (secondary N) is 1. The number of carbonyl (C=O) groups excluding carboxylic acids is 2. The van der Waals surface area contributed by atoms with Crippen molar-refractivity contribution in [3.8, 4) is 0 Å². The smallest absolute Gasteiger partial charge is 0.286 e. The maximum Gasteiger partial charge on any atom is 0.286 e. The van der Waals surface area contributed by atoms with Gasteiger partial charge in [-0.3, -0.25) is 9.59 Å². The van der Waals surface area contributed by atoms with Crippen molar-refractivity contribution in [3.05, 3.63) is 11.3 Å². The van der Waals surface area contributed by atoms with Crippen LogP contribution in [0.1, 0.15) is 19.8 Å². The number of ether oxygens (including phenoxy) is 1. The molecular formula is C9H13NO3. The van der Waals surface area contributed by atoms with E-state index < -0.39 is 0 Å². The lowest BCUT2D eigenvalue weighted by Gasteiger charge is -2.17. The first kappa shape index (κ1) is 9.77. The molecule has 0 aromatic heterocycles. The Labute approximate surface area is 76.9 Å². The Morgan fingerprint density at radius 2 is 2.31 bits per heavy atom.